The fourth-order valence-electron chi connectivity index (χ4n) is 2.36. The van der Waals surface area contributed by atoms with E-state index in [1.807, 2.05) is 19.9 Å². The van der Waals surface area contributed by atoms with Gasteiger partial charge in [0.25, 0.3) is 5.56 Å². The lowest BCUT2D eigenvalue weighted by molar-refractivity contribution is 0.288. The predicted molar refractivity (Wildman–Crippen MR) is 93.7 cm³/mol. The first kappa shape index (κ1) is 18.1. The molecular weight excluding hydrogens is 324 g/mol. The van der Waals surface area contributed by atoms with E-state index in [0.717, 1.165) is 4.57 Å². The van der Waals surface area contributed by atoms with Crippen molar-refractivity contribution in [3.63, 3.8) is 0 Å². The summed E-state index contributed by atoms with van der Waals surface area (Å²) in [4.78, 5) is 24.2. The highest BCUT2D eigenvalue weighted by atomic mass is 16.5. The minimum absolute atomic E-state index is 0.127. The Morgan fingerprint density at radius 1 is 1.08 bits per heavy atom. The van der Waals surface area contributed by atoms with Gasteiger partial charge in [-0.2, -0.15) is 5.26 Å². The molecule has 0 radical (unpaired) electrons. The van der Waals surface area contributed by atoms with Crippen molar-refractivity contribution < 1.29 is 9.47 Å². The first-order valence-electron chi connectivity index (χ1n) is 7.81. The Balaban J connectivity index is 2.54. The number of nitrogens with one attached hydrogen (secondary N) is 1. The second kappa shape index (κ2) is 7.57. The van der Waals surface area contributed by atoms with Crippen LogP contribution < -0.4 is 26.0 Å². The normalized spacial score (nSPS) is 10.2. The van der Waals surface area contributed by atoms with Crippen molar-refractivity contribution in [2.75, 3.05) is 18.5 Å². The lowest BCUT2D eigenvalue weighted by atomic mass is 10.2. The molecule has 0 unspecified atom stereocenters. The number of hydrogen-bond donors (Lipinski definition) is 1. The van der Waals surface area contributed by atoms with E-state index in [2.05, 4.69) is 5.32 Å². The topological polar surface area (TPSA) is 98.3 Å². The molecule has 0 saturated carbocycles. The molecule has 132 valence electrons. The highest BCUT2D eigenvalue weighted by Gasteiger charge is 2.16. The van der Waals surface area contributed by atoms with Crippen molar-refractivity contribution >= 4 is 11.5 Å². The van der Waals surface area contributed by atoms with Crippen molar-refractivity contribution in [3.05, 3.63) is 44.6 Å². The Labute approximate surface area is 144 Å². The molecule has 1 N–H and O–H groups in total. The van der Waals surface area contributed by atoms with Crippen LogP contribution in [0.25, 0.3) is 0 Å². The van der Waals surface area contributed by atoms with Gasteiger partial charge in [0.2, 0.25) is 0 Å². The molecule has 2 aromatic rings. The van der Waals surface area contributed by atoms with E-state index >= 15 is 0 Å². The van der Waals surface area contributed by atoms with Gasteiger partial charge in [0.05, 0.1) is 13.2 Å². The summed E-state index contributed by atoms with van der Waals surface area (Å²) < 4.78 is 13.2. The fraction of sp³-hybridized carbons (Fsp3) is 0.353. The first-order chi connectivity index (χ1) is 11.9. The van der Waals surface area contributed by atoms with E-state index in [9.17, 15) is 14.9 Å². The summed E-state index contributed by atoms with van der Waals surface area (Å²) in [6.07, 6.45) is 0. The third-order valence-corrected chi connectivity index (χ3v) is 3.58. The van der Waals surface area contributed by atoms with Crippen LogP contribution in [0.4, 0.5) is 11.5 Å². The summed E-state index contributed by atoms with van der Waals surface area (Å²) in [5, 5.41) is 12.3. The van der Waals surface area contributed by atoms with Crippen LogP contribution in [0.15, 0.2) is 27.8 Å². The van der Waals surface area contributed by atoms with Gasteiger partial charge < -0.3 is 14.8 Å². The van der Waals surface area contributed by atoms with Crippen molar-refractivity contribution in [1.29, 1.82) is 5.26 Å². The molecule has 2 rings (SSSR count). The average molecular weight is 344 g/mol. The Morgan fingerprint density at radius 2 is 1.72 bits per heavy atom. The lowest BCUT2D eigenvalue weighted by Gasteiger charge is -2.16. The smallest absolute Gasteiger partial charge is 0.332 e. The molecule has 1 aromatic carbocycles. The second-order valence-electron chi connectivity index (χ2n) is 5.19. The summed E-state index contributed by atoms with van der Waals surface area (Å²) in [7, 11) is 2.82. The Morgan fingerprint density at radius 3 is 2.32 bits per heavy atom. The number of hydrogen-bond acceptors (Lipinski definition) is 6. The summed E-state index contributed by atoms with van der Waals surface area (Å²) in [5.74, 6) is 1.25. The van der Waals surface area contributed by atoms with Gasteiger partial charge in [-0.25, -0.2) is 4.79 Å². The zero-order valence-electron chi connectivity index (χ0n) is 14.6. The van der Waals surface area contributed by atoms with Crippen molar-refractivity contribution in [2.24, 2.45) is 14.1 Å². The van der Waals surface area contributed by atoms with Crippen molar-refractivity contribution in [2.45, 2.75) is 13.8 Å². The van der Waals surface area contributed by atoms with E-state index in [-0.39, 0.29) is 11.4 Å². The molecule has 1 aromatic heterocycles. The maximum absolute atomic E-state index is 12.1. The van der Waals surface area contributed by atoms with Crippen LogP contribution >= 0.6 is 0 Å². The summed E-state index contributed by atoms with van der Waals surface area (Å²) in [6.45, 7) is 4.68. The Hall–Kier alpha value is -3.21. The number of nitriles is 1. The van der Waals surface area contributed by atoms with Gasteiger partial charge >= 0.3 is 5.69 Å². The van der Waals surface area contributed by atoms with Crippen LogP contribution in [-0.2, 0) is 14.1 Å². The van der Waals surface area contributed by atoms with Crippen LogP contribution in [0.5, 0.6) is 11.5 Å². The zero-order valence-corrected chi connectivity index (χ0v) is 14.6. The summed E-state index contributed by atoms with van der Waals surface area (Å²) >= 11 is 0. The molecule has 25 heavy (non-hydrogen) atoms. The minimum atomic E-state index is -0.649. The highest BCUT2D eigenvalue weighted by molar-refractivity contribution is 5.65. The number of ether oxygens (including phenoxy) is 2. The van der Waals surface area contributed by atoms with Gasteiger partial charge in [-0.3, -0.25) is 13.9 Å². The highest BCUT2D eigenvalue weighted by Crippen LogP contribution is 2.31. The zero-order chi connectivity index (χ0) is 18.6. The van der Waals surface area contributed by atoms with Crippen LogP contribution in [0.3, 0.4) is 0 Å². The molecule has 0 fully saturated rings. The third-order valence-electron chi connectivity index (χ3n) is 3.58. The lowest BCUT2D eigenvalue weighted by Crippen LogP contribution is -2.39. The van der Waals surface area contributed by atoms with E-state index < -0.39 is 11.2 Å². The van der Waals surface area contributed by atoms with E-state index in [4.69, 9.17) is 9.47 Å². The minimum Gasteiger partial charge on any atom is -0.490 e. The van der Waals surface area contributed by atoms with Gasteiger partial charge in [-0.05, 0) is 26.0 Å². The largest absolute Gasteiger partial charge is 0.490 e. The van der Waals surface area contributed by atoms with Crippen LogP contribution in [0.2, 0.25) is 0 Å². The summed E-state index contributed by atoms with van der Waals surface area (Å²) in [5.41, 5.74) is -0.755. The van der Waals surface area contributed by atoms with Crippen molar-refractivity contribution in [1.82, 2.24) is 9.13 Å². The van der Waals surface area contributed by atoms with Crippen molar-refractivity contribution in [3.8, 4) is 17.6 Å². The molecule has 1 heterocycles. The molecule has 8 heteroatoms. The van der Waals surface area contributed by atoms with Crippen LogP contribution in [0.1, 0.15) is 19.4 Å². The standard InChI is InChI=1S/C17H20N4O4/c1-5-24-13-8-7-11(9-14(13)25-6-2)19-15-12(10-18)16(22)21(4)17(23)20(15)3/h7-9,19H,5-6H2,1-4H3. The van der Waals surface area contributed by atoms with Gasteiger partial charge in [0, 0.05) is 25.8 Å². The quantitative estimate of drug-likeness (QED) is 0.853. The summed E-state index contributed by atoms with van der Waals surface area (Å²) in [6, 6.07) is 6.99. The number of rotatable bonds is 6. The molecule has 8 nitrogen and oxygen atoms in total. The van der Waals surface area contributed by atoms with Crippen LogP contribution in [-0.4, -0.2) is 22.3 Å². The molecular formula is C17H20N4O4. The van der Waals surface area contributed by atoms with Gasteiger partial charge in [0.15, 0.2) is 17.1 Å². The Kier molecular flexibility index (Phi) is 5.49. The van der Waals surface area contributed by atoms with E-state index in [1.54, 1.807) is 18.2 Å². The maximum Gasteiger partial charge on any atom is 0.332 e. The maximum atomic E-state index is 12.1. The first-order valence-corrected chi connectivity index (χ1v) is 7.81. The fourth-order valence-corrected chi connectivity index (χ4v) is 2.36. The number of benzene rings is 1. The number of nitrogens with zero attached hydrogens (tertiary/aromatic N) is 3. The molecule has 0 aliphatic carbocycles. The SMILES string of the molecule is CCOc1ccc(Nc2c(C#N)c(=O)n(C)c(=O)n2C)cc1OCC. The molecule has 0 atom stereocenters. The third kappa shape index (κ3) is 3.50. The molecule has 0 aliphatic heterocycles. The average Bonchev–Trinajstić information content (AvgIpc) is 2.60. The molecule has 0 aliphatic rings. The van der Waals surface area contributed by atoms with Gasteiger partial charge in [-0.1, -0.05) is 0 Å². The predicted octanol–water partition coefficient (Wildman–Crippen LogP) is 1.50. The Bertz CT molecular complexity index is 937. The van der Waals surface area contributed by atoms with Gasteiger partial charge in [0.1, 0.15) is 11.9 Å². The second-order valence-corrected chi connectivity index (χ2v) is 5.19. The van der Waals surface area contributed by atoms with E-state index in [0.29, 0.717) is 30.4 Å². The molecule has 0 amide bonds. The number of anilines is 2. The monoisotopic (exact) mass is 344 g/mol. The molecule has 0 spiro atoms. The number of aromatic nitrogens is 2. The van der Waals surface area contributed by atoms with Crippen LogP contribution in [0, 0.1) is 11.3 Å². The van der Waals surface area contributed by atoms with E-state index in [1.165, 1.54) is 18.7 Å². The molecule has 0 bridgehead atoms. The van der Waals surface area contributed by atoms with Gasteiger partial charge in [-0.15, -0.1) is 0 Å². The molecule has 0 saturated heterocycles.